The van der Waals surface area contributed by atoms with E-state index in [0.717, 1.165) is 17.4 Å². The number of benzene rings is 1. The Kier molecular flexibility index (Phi) is 4.88. The Bertz CT molecular complexity index is 1120. The number of hydrogen-bond acceptors (Lipinski definition) is 5. The SMILES string of the molecule is CC(=O)c1cc2c(N)c(C(=O)Nc3cccc(C(F)(F)F)c3C)sc2nc1C. The van der Waals surface area contributed by atoms with Crippen molar-refractivity contribution in [1.82, 2.24) is 4.98 Å². The molecule has 9 heteroatoms. The minimum absolute atomic E-state index is 0.0465. The number of carbonyl (C=O) groups is 2. The number of anilines is 2. The van der Waals surface area contributed by atoms with Crippen LogP contribution in [0.15, 0.2) is 24.3 Å². The maximum absolute atomic E-state index is 13.1. The molecule has 0 fully saturated rings. The molecule has 0 aliphatic carbocycles. The van der Waals surface area contributed by atoms with E-state index in [1.54, 1.807) is 13.0 Å². The Hall–Kier alpha value is -2.94. The third kappa shape index (κ3) is 3.45. The minimum atomic E-state index is -4.52. The standard InChI is InChI=1S/C19H16F3N3O2S/c1-8-13(19(20,21)22)5-4-6-14(8)25-17(27)16-15(23)12-7-11(10(3)26)9(2)24-18(12)28-16/h4-7H,23H2,1-3H3,(H,25,27). The van der Waals surface area contributed by atoms with Gasteiger partial charge in [0, 0.05) is 22.3 Å². The molecule has 0 spiro atoms. The highest BCUT2D eigenvalue weighted by Crippen LogP contribution is 2.37. The molecule has 1 aromatic carbocycles. The predicted octanol–water partition coefficient (Wildman–Crippen LogP) is 4.97. The van der Waals surface area contributed by atoms with E-state index in [2.05, 4.69) is 10.3 Å². The van der Waals surface area contributed by atoms with Gasteiger partial charge in [-0.25, -0.2) is 4.98 Å². The lowest BCUT2D eigenvalue weighted by atomic mass is 10.1. The topological polar surface area (TPSA) is 85.1 Å². The lowest BCUT2D eigenvalue weighted by molar-refractivity contribution is -0.138. The molecule has 0 saturated heterocycles. The minimum Gasteiger partial charge on any atom is -0.397 e. The van der Waals surface area contributed by atoms with Crippen molar-refractivity contribution < 1.29 is 22.8 Å². The number of aromatic nitrogens is 1. The zero-order valence-corrected chi connectivity index (χ0v) is 16.0. The summed E-state index contributed by atoms with van der Waals surface area (Å²) in [4.78, 5) is 29.3. The quantitative estimate of drug-likeness (QED) is 0.601. The lowest BCUT2D eigenvalue weighted by Crippen LogP contribution is -2.15. The van der Waals surface area contributed by atoms with Crippen molar-refractivity contribution in [2.75, 3.05) is 11.1 Å². The average molecular weight is 407 g/mol. The van der Waals surface area contributed by atoms with Gasteiger partial charge in [0.25, 0.3) is 5.91 Å². The van der Waals surface area contributed by atoms with Gasteiger partial charge in [-0.1, -0.05) is 6.07 Å². The number of Topliss-reactive ketones (excluding diaryl/α,β-unsaturated/α-hetero) is 1. The molecule has 146 valence electrons. The first kappa shape index (κ1) is 19.8. The van der Waals surface area contributed by atoms with Gasteiger partial charge in [0.15, 0.2) is 5.78 Å². The van der Waals surface area contributed by atoms with Crippen LogP contribution in [0.4, 0.5) is 24.5 Å². The summed E-state index contributed by atoms with van der Waals surface area (Å²) in [5.74, 6) is -0.812. The fourth-order valence-electron chi connectivity index (χ4n) is 2.91. The zero-order valence-electron chi connectivity index (χ0n) is 15.2. The van der Waals surface area contributed by atoms with Crippen molar-refractivity contribution >= 4 is 44.6 Å². The van der Waals surface area contributed by atoms with E-state index in [1.807, 2.05) is 0 Å². The number of rotatable bonds is 3. The Labute approximate surface area is 162 Å². The third-order valence-electron chi connectivity index (χ3n) is 4.38. The van der Waals surface area contributed by atoms with Crippen LogP contribution in [0.1, 0.15) is 43.8 Å². The van der Waals surface area contributed by atoms with Gasteiger partial charge in [-0.3, -0.25) is 9.59 Å². The van der Waals surface area contributed by atoms with Crippen LogP contribution in [0.2, 0.25) is 0 Å². The summed E-state index contributed by atoms with van der Waals surface area (Å²) in [6, 6.07) is 5.15. The highest BCUT2D eigenvalue weighted by Gasteiger charge is 2.33. The number of thiophene rings is 1. The van der Waals surface area contributed by atoms with Crippen LogP contribution in [-0.4, -0.2) is 16.7 Å². The number of nitrogens with one attached hydrogen (secondary N) is 1. The second kappa shape index (κ2) is 6.90. The van der Waals surface area contributed by atoms with Gasteiger partial charge in [-0.15, -0.1) is 11.3 Å². The number of hydrogen-bond donors (Lipinski definition) is 2. The molecule has 0 aliphatic rings. The molecule has 1 amide bonds. The van der Waals surface area contributed by atoms with Crippen LogP contribution in [0, 0.1) is 13.8 Å². The molecule has 3 N–H and O–H groups in total. The van der Waals surface area contributed by atoms with Gasteiger partial charge in [0.1, 0.15) is 9.71 Å². The van der Waals surface area contributed by atoms with E-state index in [1.165, 1.54) is 26.0 Å². The number of amides is 1. The Morgan fingerprint density at radius 1 is 1.21 bits per heavy atom. The van der Waals surface area contributed by atoms with Gasteiger partial charge >= 0.3 is 6.18 Å². The molecule has 0 atom stereocenters. The van der Waals surface area contributed by atoms with Gasteiger partial charge in [0.2, 0.25) is 0 Å². The highest BCUT2D eigenvalue weighted by molar-refractivity contribution is 7.21. The van der Waals surface area contributed by atoms with E-state index >= 15 is 0 Å². The number of aryl methyl sites for hydroxylation is 1. The van der Waals surface area contributed by atoms with E-state index in [-0.39, 0.29) is 27.6 Å². The maximum atomic E-state index is 13.1. The number of nitrogens with two attached hydrogens (primary N) is 1. The molecular weight excluding hydrogens is 391 g/mol. The number of alkyl halides is 3. The van der Waals surface area contributed by atoms with E-state index in [9.17, 15) is 22.8 Å². The number of nitrogen functional groups attached to an aromatic ring is 1. The van der Waals surface area contributed by atoms with Crippen LogP contribution in [0.5, 0.6) is 0 Å². The zero-order chi connectivity index (χ0) is 20.8. The molecule has 0 radical (unpaired) electrons. The van der Waals surface area contributed by atoms with Crippen LogP contribution in [-0.2, 0) is 6.18 Å². The smallest absolute Gasteiger partial charge is 0.397 e. The number of pyridine rings is 1. The van der Waals surface area contributed by atoms with Crippen molar-refractivity contribution in [2.45, 2.75) is 26.9 Å². The van der Waals surface area contributed by atoms with Gasteiger partial charge < -0.3 is 11.1 Å². The van der Waals surface area contributed by atoms with Gasteiger partial charge in [0.05, 0.1) is 11.3 Å². The summed E-state index contributed by atoms with van der Waals surface area (Å²) in [6.45, 7) is 4.37. The molecular formula is C19H16F3N3O2S. The largest absolute Gasteiger partial charge is 0.416 e. The predicted molar refractivity (Wildman–Crippen MR) is 103 cm³/mol. The number of carbonyl (C=O) groups excluding carboxylic acids is 2. The Morgan fingerprint density at radius 3 is 2.50 bits per heavy atom. The summed E-state index contributed by atoms with van der Waals surface area (Å²) in [5.41, 5.74) is 6.26. The van der Waals surface area contributed by atoms with Crippen molar-refractivity contribution in [3.63, 3.8) is 0 Å². The average Bonchev–Trinajstić information content (AvgIpc) is 2.90. The van der Waals surface area contributed by atoms with Crippen molar-refractivity contribution in [3.8, 4) is 0 Å². The fourth-order valence-corrected chi connectivity index (χ4v) is 3.93. The highest BCUT2D eigenvalue weighted by atomic mass is 32.1. The van der Waals surface area contributed by atoms with Crippen molar-refractivity contribution in [2.24, 2.45) is 0 Å². The molecule has 0 bridgehead atoms. The van der Waals surface area contributed by atoms with E-state index in [4.69, 9.17) is 5.73 Å². The monoisotopic (exact) mass is 407 g/mol. The molecule has 0 saturated carbocycles. The summed E-state index contributed by atoms with van der Waals surface area (Å²) < 4.78 is 39.2. The number of fused-ring (bicyclic) bond motifs is 1. The Balaban J connectivity index is 2.01. The first-order valence-electron chi connectivity index (χ1n) is 8.19. The van der Waals surface area contributed by atoms with Gasteiger partial charge in [-0.05, 0) is 44.5 Å². The van der Waals surface area contributed by atoms with Crippen LogP contribution >= 0.6 is 11.3 Å². The summed E-state index contributed by atoms with van der Waals surface area (Å²) in [7, 11) is 0. The van der Waals surface area contributed by atoms with Crippen LogP contribution in [0.25, 0.3) is 10.2 Å². The fraction of sp³-hybridized carbons (Fsp3) is 0.211. The first-order valence-corrected chi connectivity index (χ1v) is 9.01. The summed E-state index contributed by atoms with van der Waals surface area (Å²) >= 11 is 1.02. The first-order chi connectivity index (χ1) is 13.0. The van der Waals surface area contributed by atoms with Crippen molar-refractivity contribution in [1.29, 1.82) is 0 Å². The maximum Gasteiger partial charge on any atom is 0.416 e. The Morgan fingerprint density at radius 2 is 1.89 bits per heavy atom. The van der Waals surface area contributed by atoms with Crippen molar-refractivity contribution in [3.05, 3.63) is 51.5 Å². The molecule has 3 rings (SSSR count). The van der Waals surface area contributed by atoms with E-state index in [0.29, 0.717) is 21.5 Å². The summed E-state index contributed by atoms with van der Waals surface area (Å²) in [5, 5.41) is 2.95. The molecule has 2 aromatic heterocycles. The molecule has 2 heterocycles. The molecule has 0 aliphatic heterocycles. The number of nitrogens with zero attached hydrogens (tertiary/aromatic N) is 1. The second-order valence-electron chi connectivity index (χ2n) is 6.31. The molecule has 5 nitrogen and oxygen atoms in total. The van der Waals surface area contributed by atoms with Crippen LogP contribution < -0.4 is 11.1 Å². The molecule has 3 aromatic rings. The number of halogens is 3. The van der Waals surface area contributed by atoms with Crippen LogP contribution in [0.3, 0.4) is 0 Å². The third-order valence-corrected chi connectivity index (χ3v) is 5.50. The van der Waals surface area contributed by atoms with Gasteiger partial charge in [-0.2, -0.15) is 13.2 Å². The molecule has 28 heavy (non-hydrogen) atoms. The normalized spacial score (nSPS) is 11.6. The number of ketones is 1. The lowest BCUT2D eigenvalue weighted by Gasteiger charge is -2.14. The second-order valence-corrected chi connectivity index (χ2v) is 7.30. The summed E-state index contributed by atoms with van der Waals surface area (Å²) in [6.07, 6.45) is -4.52. The van der Waals surface area contributed by atoms with E-state index < -0.39 is 17.6 Å². The molecule has 0 unspecified atom stereocenters.